The van der Waals surface area contributed by atoms with Gasteiger partial charge in [0.2, 0.25) is 11.6 Å². The summed E-state index contributed by atoms with van der Waals surface area (Å²) in [5.74, 6) is -21.7. The lowest BCUT2D eigenvalue weighted by Gasteiger charge is -2.08. The van der Waals surface area contributed by atoms with Crippen LogP contribution in [0.3, 0.4) is 0 Å². The SMILES string of the molecule is COc1c2cc(-c3c(F)c(F)c(F)c(F)c3F)sc2c(OC)c2cc(-c3c(F)c(F)c(F)c(F)c3F)sc12. The Morgan fingerprint density at radius 2 is 0.711 bits per heavy atom. The van der Waals surface area contributed by atoms with Gasteiger partial charge in [0.15, 0.2) is 46.5 Å². The molecule has 198 valence electrons. The van der Waals surface area contributed by atoms with Crippen molar-refractivity contribution in [1.82, 2.24) is 0 Å². The number of hydrogen-bond donors (Lipinski definition) is 0. The molecule has 5 rings (SSSR count). The van der Waals surface area contributed by atoms with Crippen molar-refractivity contribution < 1.29 is 53.4 Å². The molecule has 5 aromatic rings. The van der Waals surface area contributed by atoms with Gasteiger partial charge in [-0.25, -0.2) is 43.9 Å². The van der Waals surface area contributed by atoms with Crippen LogP contribution in [0.15, 0.2) is 12.1 Å². The second-order valence-corrected chi connectivity index (χ2v) is 9.77. The Kier molecular flexibility index (Phi) is 6.21. The zero-order valence-electron chi connectivity index (χ0n) is 18.6. The van der Waals surface area contributed by atoms with Crippen molar-refractivity contribution in [2.24, 2.45) is 0 Å². The van der Waals surface area contributed by atoms with Crippen LogP contribution < -0.4 is 9.47 Å². The van der Waals surface area contributed by atoms with Gasteiger partial charge in [0, 0.05) is 20.5 Å². The van der Waals surface area contributed by atoms with Gasteiger partial charge in [-0.3, -0.25) is 0 Å². The Bertz CT molecular complexity index is 1570. The first-order valence-electron chi connectivity index (χ1n) is 10.1. The van der Waals surface area contributed by atoms with Crippen LogP contribution >= 0.6 is 22.7 Å². The molecule has 3 aromatic carbocycles. The maximum absolute atomic E-state index is 14.5. The highest BCUT2D eigenvalue weighted by Gasteiger charge is 2.31. The molecule has 0 N–H and O–H groups in total. The lowest BCUT2D eigenvalue weighted by molar-refractivity contribution is 0.381. The van der Waals surface area contributed by atoms with Crippen molar-refractivity contribution in [2.45, 2.75) is 0 Å². The molecule has 0 aliphatic heterocycles. The van der Waals surface area contributed by atoms with Crippen molar-refractivity contribution in [1.29, 1.82) is 0 Å². The van der Waals surface area contributed by atoms with E-state index in [4.69, 9.17) is 9.47 Å². The quantitative estimate of drug-likeness (QED) is 0.120. The summed E-state index contributed by atoms with van der Waals surface area (Å²) in [6, 6.07) is 2.13. The second-order valence-electron chi connectivity index (χ2n) is 7.66. The van der Waals surface area contributed by atoms with Gasteiger partial charge in [-0.15, -0.1) is 22.7 Å². The van der Waals surface area contributed by atoms with Gasteiger partial charge in [-0.1, -0.05) is 0 Å². The lowest BCUT2D eigenvalue weighted by Crippen LogP contribution is -2.03. The second kappa shape index (κ2) is 9.05. The van der Waals surface area contributed by atoms with Gasteiger partial charge in [0.05, 0.1) is 34.7 Å². The smallest absolute Gasteiger partial charge is 0.200 e. The molecule has 0 fully saturated rings. The summed E-state index contributed by atoms with van der Waals surface area (Å²) in [6.45, 7) is 0. The zero-order valence-corrected chi connectivity index (χ0v) is 20.2. The summed E-state index contributed by atoms with van der Waals surface area (Å²) in [7, 11) is 2.32. The van der Waals surface area contributed by atoms with Crippen molar-refractivity contribution in [3.05, 3.63) is 70.3 Å². The number of halogens is 10. The average molecular weight is 582 g/mol. The predicted octanol–water partition coefficient (Wildman–Crippen LogP) is 8.86. The standard InChI is InChI=1S/C24H8F10O2S2/c1-35-21-5-3-7(9-11(25)15(29)19(33)16(30)12(9)26)38-24(5)22(36-2)6-4-8(37-23(6)21)10-13(27)17(31)20(34)18(32)14(10)28/h3-4H,1-2H3. The molecule has 0 aliphatic rings. The molecular formula is C24H8F10O2S2. The largest absolute Gasteiger partial charge is 0.495 e. The van der Waals surface area contributed by atoms with Gasteiger partial charge >= 0.3 is 0 Å². The fourth-order valence-corrected chi connectivity index (χ4v) is 6.45. The molecule has 14 heteroatoms. The van der Waals surface area contributed by atoms with E-state index >= 15 is 0 Å². The Labute approximate surface area is 213 Å². The minimum Gasteiger partial charge on any atom is -0.495 e. The maximum Gasteiger partial charge on any atom is 0.200 e. The molecule has 2 nitrogen and oxygen atoms in total. The molecule has 0 unspecified atom stereocenters. The molecular weight excluding hydrogens is 574 g/mol. The fourth-order valence-electron chi connectivity index (χ4n) is 4.00. The first-order chi connectivity index (χ1) is 17.9. The van der Waals surface area contributed by atoms with Crippen molar-refractivity contribution in [3.8, 4) is 32.4 Å². The third kappa shape index (κ3) is 3.46. The topological polar surface area (TPSA) is 18.5 Å². The summed E-state index contributed by atoms with van der Waals surface area (Å²) in [6.07, 6.45) is 0. The Morgan fingerprint density at radius 3 is 0.974 bits per heavy atom. The molecule has 0 spiro atoms. The van der Waals surface area contributed by atoms with E-state index in [1.165, 1.54) is 0 Å². The van der Waals surface area contributed by atoms with Crippen LogP contribution in [-0.4, -0.2) is 14.2 Å². The van der Waals surface area contributed by atoms with E-state index in [1.807, 2.05) is 0 Å². The molecule has 0 amide bonds. The highest BCUT2D eigenvalue weighted by molar-refractivity contribution is 7.24. The monoisotopic (exact) mass is 582 g/mol. The number of ether oxygens (including phenoxy) is 2. The highest BCUT2D eigenvalue weighted by Crippen LogP contribution is 2.53. The minimum atomic E-state index is -2.33. The van der Waals surface area contributed by atoms with Crippen LogP contribution in [0.25, 0.3) is 41.1 Å². The molecule has 0 saturated heterocycles. The van der Waals surface area contributed by atoms with E-state index in [1.54, 1.807) is 0 Å². The van der Waals surface area contributed by atoms with Gasteiger partial charge in [0.25, 0.3) is 0 Å². The molecule has 0 aliphatic carbocycles. The first kappa shape index (κ1) is 26.1. The molecule has 2 aromatic heterocycles. The summed E-state index contributed by atoms with van der Waals surface area (Å²) in [5, 5.41) is 0.123. The number of methoxy groups -OCH3 is 2. The Balaban J connectivity index is 1.84. The average Bonchev–Trinajstić information content (AvgIpc) is 3.52. The maximum atomic E-state index is 14.5. The Hall–Kier alpha value is -3.52. The third-order valence-corrected chi connectivity index (χ3v) is 7.99. The van der Waals surface area contributed by atoms with E-state index in [9.17, 15) is 43.9 Å². The number of rotatable bonds is 4. The van der Waals surface area contributed by atoms with Crippen molar-refractivity contribution in [3.63, 3.8) is 0 Å². The summed E-state index contributed by atoms with van der Waals surface area (Å²) in [4.78, 5) is -0.774. The lowest BCUT2D eigenvalue weighted by atomic mass is 10.1. The van der Waals surface area contributed by atoms with Gasteiger partial charge < -0.3 is 9.47 Å². The fraction of sp³-hybridized carbons (Fsp3) is 0.0833. The molecule has 0 saturated carbocycles. The van der Waals surface area contributed by atoms with Crippen LogP contribution in [0.5, 0.6) is 11.5 Å². The van der Waals surface area contributed by atoms with Crippen molar-refractivity contribution >= 4 is 42.8 Å². The van der Waals surface area contributed by atoms with E-state index < -0.39 is 69.3 Å². The summed E-state index contributed by atoms with van der Waals surface area (Å²) < 4.78 is 151. The number of fused-ring (bicyclic) bond motifs is 2. The van der Waals surface area contributed by atoms with Crippen LogP contribution in [-0.2, 0) is 0 Å². The molecule has 2 heterocycles. The molecule has 0 bridgehead atoms. The van der Waals surface area contributed by atoms with Crippen LogP contribution in [0.1, 0.15) is 0 Å². The normalized spacial score (nSPS) is 11.7. The number of hydrogen-bond acceptors (Lipinski definition) is 4. The van der Waals surface area contributed by atoms with E-state index in [0.29, 0.717) is 22.7 Å². The first-order valence-corrected chi connectivity index (χ1v) is 11.7. The molecule has 0 radical (unpaired) electrons. The van der Waals surface area contributed by atoms with E-state index in [2.05, 4.69) is 0 Å². The van der Waals surface area contributed by atoms with Crippen molar-refractivity contribution in [2.75, 3.05) is 14.2 Å². The van der Waals surface area contributed by atoms with Crippen LogP contribution in [0.4, 0.5) is 43.9 Å². The van der Waals surface area contributed by atoms with Crippen LogP contribution in [0, 0.1) is 58.2 Å². The van der Waals surface area contributed by atoms with Gasteiger partial charge in [-0.05, 0) is 12.1 Å². The highest BCUT2D eigenvalue weighted by atomic mass is 32.1. The third-order valence-electron chi connectivity index (χ3n) is 5.69. The van der Waals surface area contributed by atoms with Gasteiger partial charge in [0.1, 0.15) is 11.5 Å². The van der Waals surface area contributed by atoms with E-state index in [-0.39, 0.29) is 41.4 Å². The van der Waals surface area contributed by atoms with E-state index in [0.717, 1.165) is 26.4 Å². The number of benzene rings is 3. The molecule has 0 atom stereocenters. The molecule has 38 heavy (non-hydrogen) atoms. The summed E-state index contributed by atoms with van der Waals surface area (Å²) >= 11 is 1.12. The Morgan fingerprint density at radius 1 is 0.447 bits per heavy atom. The zero-order chi connectivity index (χ0) is 27.8. The minimum absolute atomic E-state index is 0.0617. The number of thiophene rings is 2. The van der Waals surface area contributed by atoms with Gasteiger partial charge in [-0.2, -0.15) is 0 Å². The predicted molar refractivity (Wildman–Crippen MR) is 121 cm³/mol. The van der Waals surface area contributed by atoms with Crippen LogP contribution in [0.2, 0.25) is 0 Å². The summed E-state index contributed by atoms with van der Waals surface area (Å²) in [5.41, 5.74) is -2.39.